The number of nitrogens with zero attached hydrogens (tertiary/aromatic N) is 4. The van der Waals surface area contributed by atoms with Crippen molar-refractivity contribution in [1.82, 2.24) is 15.1 Å². The quantitative estimate of drug-likeness (QED) is 0.157. The number of hydrogen-bond donors (Lipinski definition) is 0. The third-order valence-electron chi connectivity index (χ3n) is 8.31. The van der Waals surface area contributed by atoms with Gasteiger partial charge in [-0.1, -0.05) is 23.7 Å². The van der Waals surface area contributed by atoms with Crippen LogP contribution in [0.1, 0.15) is 44.2 Å². The summed E-state index contributed by atoms with van der Waals surface area (Å²) in [6.45, 7) is 5.49. The lowest BCUT2D eigenvalue weighted by molar-refractivity contribution is 0.0110. The van der Waals surface area contributed by atoms with E-state index >= 15 is 8.78 Å². The van der Waals surface area contributed by atoms with Crippen molar-refractivity contribution in [3.63, 3.8) is 0 Å². The summed E-state index contributed by atoms with van der Waals surface area (Å²) in [5, 5.41) is 8.27. The fraction of sp³-hybridized carbons (Fsp3) is 0.361. The van der Waals surface area contributed by atoms with E-state index in [-0.39, 0.29) is 37.4 Å². The zero-order chi connectivity index (χ0) is 36.9. The van der Waals surface area contributed by atoms with Gasteiger partial charge in [0.2, 0.25) is 0 Å². The van der Waals surface area contributed by atoms with Crippen LogP contribution in [0.5, 0.6) is 17.2 Å². The molecule has 0 aliphatic carbocycles. The number of hydrogen-bond acceptors (Lipinski definition) is 9. The summed E-state index contributed by atoms with van der Waals surface area (Å²) in [5.74, 6) is -2.64. The maximum atomic E-state index is 15.8. The Labute approximate surface area is 301 Å². The van der Waals surface area contributed by atoms with E-state index in [1.54, 1.807) is 56.0 Å². The number of methoxy groups -OCH3 is 2. The Hall–Kier alpha value is -4.69. The highest BCUT2D eigenvalue weighted by Crippen LogP contribution is 2.37. The average molecular weight is 745 g/mol. The van der Waals surface area contributed by atoms with Gasteiger partial charge >= 0.3 is 6.09 Å². The van der Waals surface area contributed by atoms with Crippen LogP contribution in [0.15, 0.2) is 77.8 Å². The SMILES string of the molecule is COc1ccc(CN(c2cccnn2)S(=O)(=O)c2cc(F)c(OC[C@@H]3CN(C(=O)OC(C)(C)C)CC[C@H]3c3ccc(Cl)cc3)cc2F)c(OC)c1. The minimum atomic E-state index is -4.77. The van der Waals surface area contributed by atoms with E-state index in [2.05, 4.69) is 10.2 Å². The summed E-state index contributed by atoms with van der Waals surface area (Å²) >= 11 is 6.12. The van der Waals surface area contributed by atoms with Crippen LogP contribution in [0.25, 0.3) is 0 Å². The number of carbonyl (C=O) groups excluding carboxylic acids is 1. The number of anilines is 1. The lowest BCUT2D eigenvalue weighted by atomic mass is 9.81. The highest BCUT2D eigenvalue weighted by molar-refractivity contribution is 7.92. The largest absolute Gasteiger partial charge is 0.497 e. The summed E-state index contributed by atoms with van der Waals surface area (Å²) in [6.07, 6.45) is 1.42. The van der Waals surface area contributed by atoms with Crippen molar-refractivity contribution in [3.05, 3.63) is 101 Å². The molecule has 1 fully saturated rings. The minimum Gasteiger partial charge on any atom is -0.497 e. The zero-order valence-corrected chi connectivity index (χ0v) is 30.4. The summed E-state index contributed by atoms with van der Waals surface area (Å²) in [5.41, 5.74) is 0.640. The fourth-order valence-electron chi connectivity index (χ4n) is 5.83. The van der Waals surface area contributed by atoms with Crippen molar-refractivity contribution in [3.8, 4) is 17.2 Å². The van der Waals surface area contributed by atoms with E-state index in [1.807, 2.05) is 12.1 Å². The zero-order valence-electron chi connectivity index (χ0n) is 28.8. The standard InChI is InChI=1S/C36H39ClF2N4O7S/c1-36(2,3)50-35(44)42-16-14-28(23-8-11-26(37)12-9-23)25(20-42)22-49-32-18-30(39)33(19-29(32)38)51(45,46)43(34-7-6-15-40-41-34)21-24-10-13-27(47-4)17-31(24)48-5/h6-13,15,17-19,25,28H,14,16,20-22H2,1-5H3/t25-,28-/m0/s1. The second kappa shape index (κ2) is 15.7. The Morgan fingerprint density at radius 1 is 1.00 bits per heavy atom. The lowest BCUT2D eigenvalue weighted by Crippen LogP contribution is -2.46. The van der Waals surface area contributed by atoms with Gasteiger partial charge in [-0.2, -0.15) is 5.10 Å². The van der Waals surface area contributed by atoms with Gasteiger partial charge in [-0.3, -0.25) is 0 Å². The van der Waals surface area contributed by atoms with Gasteiger partial charge in [-0.25, -0.2) is 26.3 Å². The van der Waals surface area contributed by atoms with Crippen LogP contribution in [0.4, 0.5) is 19.4 Å². The van der Waals surface area contributed by atoms with Crippen molar-refractivity contribution < 1.29 is 40.9 Å². The molecule has 0 radical (unpaired) electrons. The smallest absolute Gasteiger partial charge is 0.410 e. The molecule has 2 atom stereocenters. The van der Waals surface area contributed by atoms with Crippen LogP contribution in [-0.2, 0) is 21.3 Å². The molecule has 11 nitrogen and oxygen atoms in total. The van der Waals surface area contributed by atoms with Crippen LogP contribution in [-0.4, -0.2) is 69.1 Å². The molecule has 4 aromatic rings. The predicted octanol–water partition coefficient (Wildman–Crippen LogP) is 7.24. The Balaban J connectivity index is 1.42. The molecule has 2 heterocycles. The second-order valence-corrected chi connectivity index (χ2v) is 15.2. The first kappa shape index (κ1) is 37.6. The van der Waals surface area contributed by atoms with Gasteiger partial charge in [0.15, 0.2) is 17.4 Å². The van der Waals surface area contributed by atoms with Crippen LogP contribution >= 0.6 is 11.6 Å². The number of carbonyl (C=O) groups is 1. The van der Waals surface area contributed by atoms with Gasteiger partial charge in [0, 0.05) is 54.0 Å². The van der Waals surface area contributed by atoms with Crippen LogP contribution in [0, 0.1) is 17.6 Å². The lowest BCUT2D eigenvalue weighted by Gasteiger charge is -2.39. The molecular formula is C36H39ClF2N4O7S. The van der Waals surface area contributed by atoms with Crippen molar-refractivity contribution in [2.45, 2.75) is 50.2 Å². The first-order valence-corrected chi connectivity index (χ1v) is 17.9. The van der Waals surface area contributed by atoms with E-state index in [1.165, 1.54) is 32.5 Å². The number of benzene rings is 3. The molecule has 0 saturated carbocycles. The van der Waals surface area contributed by atoms with Crippen LogP contribution in [0.3, 0.4) is 0 Å². The van der Waals surface area contributed by atoms with E-state index in [0.717, 1.165) is 9.87 Å². The van der Waals surface area contributed by atoms with Gasteiger partial charge < -0.3 is 23.8 Å². The van der Waals surface area contributed by atoms with Gasteiger partial charge in [-0.05, 0) is 75.1 Å². The van der Waals surface area contributed by atoms with E-state index < -0.39 is 44.0 Å². The third-order valence-corrected chi connectivity index (χ3v) is 10.3. The number of rotatable bonds is 11. The first-order valence-electron chi connectivity index (χ1n) is 16.1. The van der Waals surface area contributed by atoms with E-state index in [9.17, 15) is 13.2 Å². The van der Waals surface area contributed by atoms with E-state index in [4.69, 9.17) is 30.5 Å². The van der Waals surface area contributed by atoms with E-state index in [0.29, 0.717) is 47.2 Å². The molecule has 15 heteroatoms. The van der Waals surface area contributed by atoms with Gasteiger partial charge in [0.05, 0.1) is 27.4 Å². The van der Waals surface area contributed by atoms with Crippen molar-refractivity contribution >= 4 is 33.5 Å². The Kier molecular flexibility index (Phi) is 11.6. The van der Waals surface area contributed by atoms with Crippen molar-refractivity contribution in [2.24, 2.45) is 5.92 Å². The molecule has 0 unspecified atom stereocenters. The maximum Gasteiger partial charge on any atom is 0.410 e. The van der Waals surface area contributed by atoms with Gasteiger partial charge in [-0.15, -0.1) is 5.10 Å². The first-order chi connectivity index (χ1) is 24.2. The molecule has 51 heavy (non-hydrogen) atoms. The molecule has 1 aliphatic rings. The summed E-state index contributed by atoms with van der Waals surface area (Å²) in [6, 6.07) is 16.2. The fourth-order valence-corrected chi connectivity index (χ4v) is 7.40. The number of sulfonamides is 1. The number of ether oxygens (including phenoxy) is 4. The summed E-state index contributed by atoms with van der Waals surface area (Å²) < 4.78 is 82.6. The predicted molar refractivity (Wildman–Crippen MR) is 187 cm³/mol. The molecular weight excluding hydrogens is 706 g/mol. The number of amides is 1. The normalized spacial score (nSPS) is 16.4. The molecule has 1 saturated heterocycles. The molecule has 5 rings (SSSR count). The number of halogens is 3. The molecule has 3 aromatic carbocycles. The topological polar surface area (TPSA) is 120 Å². The van der Waals surface area contributed by atoms with Crippen LogP contribution < -0.4 is 18.5 Å². The van der Waals surface area contributed by atoms with Gasteiger partial charge in [0.25, 0.3) is 10.0 Å². The number of aromatic nitrogens is 2. The van der Waals surface area contributed by atoms with Crippen molar-refractivity contribution in [1.29, 1.82) is 0 Å². The second-order valence-electron chi connectivity index (χ2n) is 12.9. The summed E-state index contributed by atoms with van der Waals surface area (Å²) in [4.78, 5) is 13.6. The minimum absolute atomic E-state index is 0.107. The molecule has 0 bridgehead atoms. The Bertz CT molecular complexity index is 1950. The number of piperidine rings is 1. The maximum absolute atomic E-state index is 15.8. The molecule has 0 N–H and O–H groups in total. The Morgan fingerprint density at radius 3 is 2.39 bits per heavy atom. The molecule has 1 aliphatic heterocycles. The molecule has 1 amide bonds. The molecule has 0 spiro atoms. The highest BCUT2D eigenvalue weighted by Gasteiger charge is 2.36. The van der Waals surface area contributed by atoms with Gasteiger partial charge in [0.1, 0.15) is 27.8 Å². The Morgan fingerprint density at radius 2 is 1.75 bits per heavy atom. The average Bonchev–Trinajstić information content (AvgIpc) is 3.10. The van der Waals surface area contributed by atoms with Crippen molar-refractivity contribution in [2.75, 3.05) is 38.2 Å². The highest BCUT2D eigenvalue weighted by atomic mass is 35.5. The third kappa shape index (κ3) is 8.98. The number of likely N-dealkylation sites (tertiary alicyclic amines) is 1. The molecule has 1 aromatic heterocycles. The summed E-state index contributed by atoms with van der Waals surface area (Å²) in [7, 11) is -1.89. The monoisotopic (exact) mass is 744 g/mol. The van der Waals surface area contributed by atoms with Crippen LogP contribution in [0.2, 0.25) is 5.02 Å². The molecule has 272 valence electrons.